The number of aromatic carboxylic acids is 1. The Morgan fingerprint density at radius 1 is 1.35 bits per heavy atom. The van der Waals surface area contributed by atoms with E-state index in [0.29, 0.717) is 22.1 Å². The number of carboxylic acid groups (broad SMARTS) is 1. The molecule has 0 amide bonds. The predicted molar refractivity (Wildman–Crippen MR) is 65.0 cm³/mol. The van der Waals surface area contributed by atoms with Crippen molar-refractivity contribution in [2.24, 2.45) is 0 Å². The number of hydrogen-bond acceptors (Lipinski definition) is 2. The van der Waals surface area contributed by atoms with Crippen molar-refractivity contribution in [2.75, 3.05) is 0 Å². The van der Waals surface area contributed by atoms with Gasteiger partial charge < -0.3 is 5.11 Å². The summed E-state index contributed by atoms with van der Waals surface area (Å²) in [5.41, 5.74) is 1.96. The lowest BCUT2D eigenvalue weighted by molar-refractivity contribution is 0.0695. The van der Waals surface area contributed by atoms with Crippen LogP contribution in [0.15, 0.2) is 24.3 Å². The van der Waals surface area contributed by atoms with Gasteiger partial charge in [-0.3, -0.25) is 0 Å². The van der Waals surface area contributed by atoms with Crippen LogP contribution in [0.4, 0.5) is 0 Å². The number of benzene rings is 1. The molecule has 17 heavy (non-hydrogen) atoms. The first-order valence-electron chi connectivity index (χ1n) is 5.06. The number of nitrogens with zero attached hydrogens (tertiary/aromatic N) is 2. The maximum Gasteiger partial charge on any atom is 0.339 e. The Morgan fingerprint density at radius 2 is 2.00 bits per heavy atom. The molecule has 0 aliphatic heterocycles. The zero-order valence-electron chi connectivity index (χ0n) is 9.44. The minimum atomic E-state index is -0.974. The molecular formula is C12H11ClN2O2. The van der Waals surface area contributed by atoms with Crippen LogP contribution in [0.25, 0.3) is 5.69 Å². The molecule has 4 nitrogen and oxygen atoms in total. The van der Waals surface area contributed by atoms with Crippen LogP contribution in [0.2, 0.25) is 5.02 Å². The summed E-state index contributed by atoms with van der Waals surface area (Å²) in [7, 11) is 0. The van der Waals surface area contributed by atoms with Crippen LogP contribution < -0.4 is 0 Å². The summed E-state index contributed by atoms with van der Waals surface area (Å²) in [6.45, 7) is 3.39. The second kappa shape index (κ2) is 4.22. The van der Waals surface area contributed by atoms with Crippen molar-refractivity contribution in [1.29, 1.82) is 0 Å². The summed E-state index contributed by atoms with van der Waals surface area (Å²) < 4.78 is 1.56. The first-order valence-corrected chi connectivity index (χ1v) is 5.44. The maximum atomic E-state index is 11.1. The first-order chi connectivity index (χ1) is 8.02. The monoisotopic (exact) mass is 250 g/mol. The van der Waals surface area contributed by atoms with Gasteiger partial charge in [0.15, 0.2) is 0 Å². The minimum Gasteiger partial charge on any atom is -0.478 e. The zero-order valence-corrected chi connectivity index (χ0v) is 10.2. The molecule has 0 spiro atoms. The van der Waals surface area contributed by atoms with E-state index in [0.717, 1.165) is 0 Å². The molecule has 2 rings (SSSR count). The van der Waals surface area contributed by atoms with E-state index in [1.165, 1.54) is 0 Å². The molecule has 2 aromatic rings. The topological polar surface area (TPSA) is 55.1 Å². The molecule has 0 aliphatic rings. The Morgan fingerprint density at radius 3 is 2.53 bits per heavy atom. The first kappa shape index (κ1) is 11.7. The molecule has 5 heteroatoms. The highest BCUT2D eigenvalue weighted by Gasteiger charge is 2.19. The highest BCUT2D eigenvalue weighted by atomic mass is 35.5. The Kier molecular flexibility index (Phi) is 2.90. The number of carboxylic acids is 1. The van der Waals surface area contributed by atoms with E-state index in [4.69, 9.17) is 16.7 Å². The number of aryl methyl sites for hydroxylation is 1. The smallest absolute Gasteiger partial charge is 0.339 e. The normalized spacial score (nSPS) is 10.5. The number of hydrogen-bond donors (Lipinski definition) is 1. The molecule has 0 bridgehead atoms. The lowest BCUT2D eigenvalue weighted by atomic mass is 10.2. The largest absolute Gasteiger partial charge is 0.478 e. The van der Waals surface area contributed by atoms with Crippen molar-refractivity contribution in [2.45, 2.75) is 13.8 Å². The summed E-state index contributed by atoms with van der Waals surface area (Å²) in [5.74, 6) is -0.974. The van der Waals surface area contributed by atoms with Crippen LogP contribution in [0.1, 0.15) is 21.7 Å². The molecule has 1 N–H and O–H groups in total. The van der Waals surface area contributed by atoms with Gasteiger partial charge in [-0.25, -0.2) is 9.48 Å². The highest BCUT2D eigenvalue weighted by Crippen LogP contribution is 2.23. The Hall–Kier alpha value is -1.81. The zero-order chi connectivity index (χ0) is 12.6. The predicted octanol–water partition coefficient (Wildman–Crippen LogP) is 2.84. The SMILES string of the molecule is Cc1nn(-c2ccccc2Cl)c(C)c1C(=O)O. The molecule has 0 fully saturated rings. The summed E-state index contributed by atoms with van der Waals surface area (Å²) in [6.07, 6.45) is 0. The van der Waals surface area contributed by atoms with E-state index in [1.54, 1.807) is 30.7 Å². The molecular weight excluding hydrogens is 240 g/mol. The van der Waals surface area contributed by atoms with Crippen LogP contribution in [0.3, 0.4) is 0 Å². The third-order valence-corrected chi connectivity index (χ3v) is 2.91. The van der Waals surface area contributed by atoms with Crippen LogP contribution in [0, 0.1) is 13.8 Å². The summed E-state index contributed by atoms with van der Waals surface area (Å²) >= 11 is 6.06. The van der Waals surface area contributed by atoms with Gasteiger partial charge in [0.05, 0.1) is 22.1 Å². The van der Waals surface area contributed by atoms with E-state index in [2.05, 4.69) is 5.10 Å². The van der Waals surface area contributed by atoms with E-state index in [-0.39, 0.29) is 5.56 Å². The Labute approximate surface area is 103 Å². The second-order valence-corrected chi connectivity index (χ2v) is 4.12. The molecule has 1 aromatic heterocycles. The Balaban J connectivity index is 2.66. The average Bonchev–Trinajstić information content (AvgIpc) is 2.55. The molecule has 1 aromatic carbocycles. The van der Waals surface area contributed by atoms with E-state index in [9.17, 15) is 4.79 Å². The van der Waals surface area contributed by atoms with Gasteiger partial charge in [-0.2, -0.15) is 5.10 Å². The number of carbonyl (C=O) groups is 1. The van der Waals surface area contributed by atoms with Gasteiger partial charge in [-0.15, -0.1) is 0 Å². The minimum absolute atomic E-state index is 0.227. The van der Waals surface area contributed by atoms with Crippen molar-refractivity contribution < 1.29 is 9.90 Å². The fraction of sp³-hybridized carbons (Fsp3) is 0.167. The molecule has 0 aliphatic carbocycles. The summed E-state index contributed by atoms with van der Waals surface area (Å²) in [5, 5.41) is 13.8. The second-order valence-electron chi connectivity index (χ2n) is 3.71. The van der Waals surface area contributed by atoms with E-state index >= 15 is 0 Å². The fourth-order valence-corrected chi connectivity index (χ4v) is 2.03. The van der Waals surface area contributed by atoms with Gasteiger partial charge in [-0.05, 0) is 26.0 Å². The molecule has 0 saturated heterocycles. The van der Waals surface area contributed by atoms with Gasteiger partial charge in [0.25, 0.3) is 0 Å². The summed E-state index contributed by atoms with van der Waals surface area (Å²) in [6, 6.07) is 7.19. The average molecular weight is 251 g/mol. The van der Waals surface area contributed by atoms with Crippen LogP contribution in [-0.4, -0.2) is 20.9 Å². The van der Waals surface area contributed by atoms with Crippen molar-refractivity contribution in [1.82, 2.24) is 9.78 Å². The van der Waals surface area contributed by atoms with Crippen molar-refractivity contribution in [3.63, 3.8) is 0 Å². The van der Waals surface area contributed by atoms with Gasteiger partial charge in [0.2, 0.25) is 0 Å². The standard InChI is InChI=1S/C12H11ClN2O2/c1-7-11(12(16)17)8(2)15(14-7)10-6-4-3-5-9(10)13/h3-6H,1-2H3,(H,16,17). The Bertz CT molecular complexity index is 590. The maximum absolute atomic E-state index is 11.1. The third kappa shape index (κ3) is 1.91. The number of rotatable bonds is 2. The van der Waals surface area contributed by atoms with Crippen LogP contribution in [-0.2, 0) is 0 Å². The quantitative estimate of drug-likeness (QED) is 0.892. The molecule has 0 saturated carbocycles. The van der Waals surface area contributed by atoms with Gasteiger partial charge in [-0.1, -0.05) is 23.7 Å². The van der Waals surface area contributed by atoms with Crippen molar-refractivity contribution in [3.8, 4) is 5.69 Å². The van der Waals surface area contributed by atoms with Gasteiger partial charge >= 0.3 is 5.97 Å². The number of halogens is 1. The van der Waals surface area contributed by atoms with Crippen molar-refractivity contribution >= 4 is 17.6 Å². The number of para-hydroxylation sites is 1. The van der Waals surface area contributed by atoms with Crippen molar-refractivity contribution in [3.05, 3.63) is 46.2 Å². The van der Waals surface area contributed by atoms with E-state index < -0.39 is 5.97 Å². The van der Waals surface area contributed by atoms with Gasteiger partial charge in [0, 0.05) is 0 Å². The van der Waals surface area contributed by atoms with Gasteiger partial charge in [0.1, 0.15) is 5.56 Å². The molecule has 0 radical (unpaired) electrons. The fourth-order valence-electron chi connectivity index (χ4n) is 1.81. The lowest BCUT2D eigenvalue weighted by Gasteiger charge is -2.06. The van der Waals surface area contributed by atoms with Crippen LogP contribution in [0.5, 0.6) is 0 Å². The lowest BCUT2D eigenvalue weighted by Crippen LogP contribution is -2.03. The van der Waals surface area contributed by atoms with E-state index in [1.807, 2.05) is 12.1 Å². The molecule has 0 unspecified atom stereocenters. The molecule has 1 heterocycles. The summed E-state index contributed by atoms with van der Waals surface area (Å²) in [4.78, 5) is 11.1. The third-order valence-electron chi connectivity index (χ3n) is 2.59. The van der Waals surface area contributed by atoms with Crippen LogP contribution >= 0.6 is 11.6 Å². The molecule has 88 valence electrons. The number of aromatic nitrogens is 2. The molecule has 0 atom stereocenters. The highest BCUT2D eigenvalue weighted by molar-refractivity contribution is 6.32.